The van der Waals surface area contributed by atoms with Crippen LogP contribution in [0.2, 0.25) is 0 Å². The van der Waals surface area contributed by atoms with Crippen molar-refractivity contribution in [2.75, 3.05) is 0 Å². The highest BCUT2D eigenvalue weighted by Crippen LogP contribution is 2.17. The monoisotopic (exact) mass is 913 g/mol. The van der Waals surface area contributed by atoms with E-state index in [-0.39, 0.29) is 5.82 Å². The molecule has 0 aliphatic carbocycles. The second-order valence-corrected chi connectivity index (χ2v) is 14.7. The maximum atomic E-state index is 12.7. The van der Waals surface area contributed by atoms with Crippen molar-refractivity contribution in [3.05, 3.63) is 173 Å². The lowest BCUT2D eigenvalue weighted by Crippen LogP contribution is -1.88. The van der Waals surface area contributed by atoms with Crippen molar-refractivity contribution in [2.45, 2.75) is 223 Å². The Kier molecular flexibility index (Phi) is 86.2. The zero-order chi connectivity index (χ0) is 53.9. The lowest BCUT2D eigenvalue weighted by atomic mass is 9.99. The van der Waals surface area contributed by atoms with E-state index >= 15 is 0 Å². The minimum Gasteiger partial charge on any atom is -0.207 e. The van der Waals surface area contributed by atoms with Crippen molar-refractivity contribution in [3.63, 3.8) is 0 Å². The van der Waals surface area contributed by atoms with Gasteiger partial charge in [-0.25, -0.2) is 4.39 Å². The van der Waals surface area contributed by atoms with Gasteiger partial charge in [0.05, 0.1) is 0 Å². The Morgan fingerprint density at radius 2 is 1.06 bits per heavy atom. The third-order valence-corrected chi connectivity index (χ3v) is 9.02. The molecule has 0 aliphatic rings. The van der Waals surface area contributed by atoms with Gasteiger partial charge in [0.1, 0.15) is 5.82 Å². The number of rotatable bonds is 11. The summed E-state index contributed by atoms with van der Waals surface area (Å²) in [6.07, 6.45) is 26.8. The third-order valence-electron chi connectivity index (χ3n) is 9.02. The van der Waals surface area contributed by atoms with Gasteiger partial charge in [-0.2, -0.15) is 0 Å². The van der Waals surface area contributed by atoms with Crippen molar-refractivity contribution in [1.82, 2.24) is 0 Å². The molecule has 0 nitrogen and oxygen atoms in total. The average molecular weight is 914 g/mol. The highest BCUT2D eigenvalue weighted by atomic mass is 19.1. The number of allylic oxidation sites excluding steroid dienone is 8. The fraction of sp³-hybridized carbons (Fsp3) is 0.508. The van der Waals surface area contributed by atoms with Gasteiger partial charge in [-0.15, -0.1) is 26.0 Å². The lowest BCUT2D eigenvalue weighted by Gasteiger charge is -2.06. The molecule has 66 heavy (non-hydrogen) atoms. The molecule has 0 saturated heterocycles. The van der Waals surface area contributed by atoms with Crippen LogP contribution in [0.3, 0.4) is 0 Å². The van der Waals surface area contributed by atoms with Crippen LogP contribution in [-0.4, -0.2) is 0 Å². The summed E-state index contributed by atoms with van der Waals surface area (Å²) in [4.78, 5) is 0. The van der Waals surface area contributed by atoms with Crippen LogP contribution < -0.4 is 0 Å². The van der Waals surface area contributed by atoms with Gasteiger partial charge in [-0.1, -0.05) is 237 Å². The van der Waals surface area contributed by atoms with Crippen LogP contribution in [0.15, 0.2) is 134 Å². The molecule has 3 aromatic carbocycles. The number of halogens is 1. The molecule has 0 aliphatic heterocycles. The van der Waals surface area contributed by atoms with Crippen LogP contribution >= 0.6 is 0 Å². The van der Waals surface area contributed by atoms with E-state index < -0.39 is 0 Å². The summed E-state index contributed by atoms with van der Waals surface area (Å²) in [6.45, 7) is 62.6. The first-order valence-electron chi connectivity index (χ1n) is 25.4. The maximum Gasteiger partial charge on any atom is 0.124 e. The molecule has 0 bridgehead atoms. The number of terminal acetylenes is 1. The molecule has 3 aromatic rings. The largest absolute Gasteiger partial charge is 0.207 e. The molecule has 1 heteroatoms. The van der Waals surface area contributed by atoms with Crippen molar-refractivity contribution in [2.24, 2.45) is 0 Å². The molecular weight excluding hydrogens is 800 g/mol. The lowest BCUT2D eigenvalue weighted by molar-refractivity contribution is 0.626. The highest BCUT2D eigenvalue weighted by molar-refractivity contribution is 5.61. The Morgan fingerprint density at radius 3 is 1.30 bits per heavy atom. The van der Waals surface area contributed by atoms with Crippen LogP contribution in [0.1, 0.15) is 229 Å². The molecule has 380 valence electrons. The van der Waals surface area contributed by atoms with E-state index in [2.05, 4.69) is 178 Å². The van der Waals surface area contributed by atoms with Crippen LogP contribution in [0.5, 0.6) is 0 Å². The fourth-order valence-electron chi connectivity index (χ4n) is 4.28. The minimum atomic E-state index is -0.192. The first-order valence-corrected chi connectivity index (χ1v) is 25.4. The van der Waals surface area contributed by atoms with Crippen LogP contribution in [0.4, 0.5) is 4.39 Å². The zero-order valence-electron chi connectivity index (χ0n) is 48.5. The van der Waals surface area contributed by atoms with Crippen LogP contribution in [0.25, 0.3) is 5.57 Å². The summed E-state index contributed by atoms with van der Waals surface area (Å²) < 4.78 is 12.7. The Balaban J connectivity index is -0.0000000804. The Bertz CT molecular complexity index is 1490. The van der Waals surface area contributed by atoms with Crippen LogP contribution in [-0.2, 0) is 6.42 Å². The highest BCUT2D eigenvalue weighted by Gasteiger charge is 1.99. The fourth-order valence-corrected chi connectivity index (χ4v) is 4.28. The first-order chi connectivity index (χ1) is 31.4. The van der Waals surface area contributed by atoms with Gasteiger partial charge in [0, 0.05) is 0 Å². The standard InChI is InChI=1S/C10H11F.2C10H14.C9H16.2C5H10.C4H10.C4H8.3C2H6.C2H2/c1-7(2)9-4-8(3)5-10(11)6-9;1-4-10-6-5-8(2)7-9(10)3;1-3-9(2)10-7-5-4-6-8-10;1-6-8(4)9(5)7(2)3;2*1-3-5-4-2;2*1-3-4-2;4*1-2/h4-6H,1H2,2-3H3;5-7H,4H2,1-3H3;4-9H,3H2,1-2H3;2,6H2,1,3-5H3;2*3H,1,4-5H2,2H3;3-4H2,1-2H3;3-4H,1-2H3;3*1-2H3;1-2H/b;;;9-8+;;;;4-3-;;;;. The van der Waals surface area contributed by atoms with Gasteiger partial charge in [0.15, 0.2) is 0 Å². The van der Waals surface area contributed by atoms with Crippen molar-refractivity contribution >= 4 is 5.57 Å². The van der Waals surface area contributed by atoms with Crippen molar-refractivity contribution < 1.29 is 4.39 Å². The minimum absolute atomic E-state index is 0.192. The average Bonchev–Trinajstić information content (AvgIpc) is 3.35. The van der Waals surface area contributed by atoms with E-state index in [9.17, 15) is 4.39 Å². The zero-order valence-corrected chi connectivity index (χ0v) is 48.5. The van der Waals surface area contributed by atoms with Gasteiger partial charge < -0.3 is 0 Å². The molecule has 0 radical (unpaired) electrons. The molecule has 1 atom stereocenters. The van der Waals surface area contributed by atoms with Gasteiger partial charge in [-0.3, -0.25) is 0 Å². The molecule has 1 unspecified atom stereocenters. The predicted octanol–water partition coefficient (Wildman–Crippen LogP) is 23.2. The first kappa shape index (κ1) is 81.8. The Hall–Kier alpha value is -4.41. The summed E-state index contributed by atoms with van der Waals surface area (Å²) in [6, 6.07) is 22.2. The van der Waals surface area contributed by atoms with E-state index in [1.165, 1.54) is 83.2 Å². The Labute approximate surface area is 417 Å². The summed E-state index contributed by atoms with van der Waals surface area (Å²) >= 11 is 0. The normalized spacial score (nSPS) is 9.30. The molecule has 0 saturated carbocycles. The quantitative estimate of drug-likeness (QED) is 0.102. The SMILES string of the molecule is C#C.C/C=C\C.C=C(C)/C(C)=C(\C)CC.C=C(C)c1cc(C)cc(F)c1.C=CCCC.C=CCCC.CC.CC.CC.CCC(C)c1ccccc1.CCCC.CCc1ccc(C)cc1C. The van der Waals surface area contributed by atoms with E-state index in [1.54, 1.807) is 0 Å². The topological polar surface area (TPSA) is 0 Å². The number of aryl methyl sites for hydroxylation is 4. The second-order valence-electron chi connectivity index (χ2n) is 14.7. The van der Waals surface area contributed by atoms with Gasteiger partial charge in [-0.05, 0) is 146 Å². The molecule has 0 N–H and O–H groups in total. The summed E-state index contributed by atoms with van der Waals surface area (Å²) in [5.74, 6) is 0.518. The van der Waals surface area contributed by atoms with Gasteiger partial charge in [0.2, 0.25) is 0 Å². The summed E-state index contributed by atoms with van der Waals surface area (Å²) in [5, 5.41) is 0. The van der Waals surface area contributed by atoms with Crippen molar-refractivity contribution in [3.8, 4) is 12.8 Å². The predicted molar refractivity (Wildman–Crippen MR) is 315 cm³/mol. The Morgan fingerprint density at radius 1 is 0.621 bits per heavy atom. The van der Waals surface area contributed by atoms with E-state index in [4.69, 9.17) is 0 Å². The number of unbranched alkanes of at least 4 members (excludes halogenated alkanes) is 3. The second kappa shape index (κ2) is 69.6. The molecule has 0 fully saturated rings. The van der Waals surface area contributed by atoms with Crippen LogP contribution in [0, 0.1) is 39.4 Å². The molecule has 0 spiro atoms. The van der Waals surface area contributed by atoms with Crippen molar-refractivity contribution in [1.29, 1.82) is 0 Å². The third kappa shape index (κ3) is 63.9. The maximum absolute atomic E-state index is 12.7. The molecule has 0 heterocycles. The molecule has 0 amide bonds. The summed E-state index contributed by atoms with van der Waals surface area (Å²) in [5.41, 5.74) is 12.4. The number of hydrogen-bond acceptors (Lipinski definition) is 0. The summed E-state index contributed by atoms with van der Waals surface area (Å²) in [7, 11) is 0. The number of hydrogen-bond donors (Lipinski definition) is 0. The van der Waals surface area contributed by atoms with E-state index in [0.29, 0.717) is 5.92 Å². The molecule has 0 aromatic heterocycles. The van der Waals surface area contributed by atoms with E-state index in [0.717, 1.165) is 42.4 Å². The smallest absolute Gasteiger partial charge is 0.124 e. The van der Waals surface area contributed by atoms with Gasteiger partial charge >= 0.3 is 0 Å². The van der Waals surface area contributed by atoms with E-state index in [1.807, 2.05) is 99.6 Å². The molecular formula is C65H113F. The molecule has 3 rings (SSSR count). The van der Waals surface area contributed by atoms with Gasteiger partial charge in [0.25, 0.3) is 0 Å². The number of benzene rings is 3.